The van der Waals surface area contributed by atoms with Crippen LogP contribution in [0.3, 0.4) is 0 Å². The predicted octanol–water partition coefficient (Wildman–Crippen LogP) is 6.89. The number of aryl methyl sites for hydroxylation is 1. The number of benzene rings is 2. The van der Waals surface area contributed by atoms with Crippen LogP contribution in [0.5, 0.6) is 0 Å². The summed E-state index contributed by atoms with van der Waals surface area (Å²) in [5.74, 6) is 1.73. The molecular formula is C28H26F6N2OSi. The van der Waals surface area contributed by atoms with E-state index in [1.54, 1.807) is 6.07 Å². The number of terminal acetylenes is 1. The fourth-order valence-corrected chi connectivity index (χ4v) is 5.97. The number of hydrogen-bond donors (Lipinski definition) is 0. The molecule has 0 saturated heterocycles. The average Bonchev–Trinajstić information content (AvgIpc) is 2.81. The Balaban J connectivity index is 2.15. The van der Waals surface area contributed by atoms with E-state index < -0.39 is 44.0 Å². The molecule has 0 spiro atoms. The summed E-state index contributed by atoms with van der Waals surface area (Å²) in [4.78, 5) is 18.9. The summed E-state index contributed by atoms with van der Waals surface area (Å²) >= 11 is 0. The zero-order valence-corrected chi connectivity index (χ0v) is 22.5. The molecule has 2 aromatic carbocycles. The first-order valence-corrected chi connectivity index (χ1v) is 15.0. The maximum Gasteiger partial charge on any atom is 0.416 e. The lowest BCUT2D eigenvalue weighted by molar-refractivity contribution is -0.143. The maximum absolute atomic E-state index is 13.7. The Kier molecular flexibility index (Phi) is 7.85. The number of carbonyl (C=O) groups is 1. The van der Waals surface area contributed by atoms with Crippen molar-refractivity contribution in [3.63, 3.8) is 0 Å². The fraction of sp³-hybridized carbons (Fsp3) is 0.286. The van der Waals surface area contributed by atoms with Crippen molar-refractivity contribution in [2.75, 3.05) is 7.05 Å². The molecule has 3 aromatic rings. The molecule has 0 N–H and O–H groups in total. The Labute approximate surface area is 218 Å². The molecule has 0 saturated carbocycles. The van der Waals surface area contributed by atoms with Crippen molar-refractivity contribution in [2.45, 2.75) is 45.5 Å². The number of carbonyl (C=O) groups excluding carboxylic acids is 1. The topological polar surface area (TPSA) is 33.2 Å². The fourth-order valence-electron chi connectivity index (χ4n) is 4.29. The monoisotopic (exact) mass is 548 g/mol. The molecule has 3 nitrogen and oxygen atoms in total. The van der Waals surface area contributed by atoms with Gasteiger partial charge in [0.2, 0.25) is 0 Å². The third-order valence-electron chi connectivity index (χ3n) is 6.07. The molecule has 0 aliphatic rings. The number of halogens is 6. The van der Waals surface area contributed by atoms with Gasteiger partial charge in [-0.25, -0.2) is 4.98 Å². The summed E-state index contributed by atoms with van der Waals surface area (Å²) in [6.45, 7) is 7.82. The highest BCUT2D eigenvalue weighted by Gasteiger charge is 2.37. The second-order valence-corrected chi connectivity index (χ2v) is 15.1. The smallest absolute Gasteiger partial charge is 0.337 e. The van der Waals surface area contributed by atoms with Crippen LogP contribution in [0.15, 0.2) is 48.7 Å². The van der Waals surface area contributed by atoms with Gasteiger partial charge in [-0.2, -0.15) is 26.3 Å². The van der Waals surface area contributed by atoms with E-state index >= 15 is 0 Å². The highest BCUT2D eigenvalue weighted by atomic mass is 28.3. The molecule has 0 fully saturated rings. The second kappa shape index (κ2) is 10.3. The van der Waals surface area contributed by atoms with Gasteiger partial charge in [0.15, 0.2) is 0 Å². The Morgan fingerprint density at radius 1 is 1.00 bits per heavy atom. The minimum absolute atomic E-state index is 0.0316. The summed E-state index contributed by atoms with van der Waals surface area (Å²) < 4.78 is 80.0. The van der Waals surface area contributed by atoms with Gasteiger partial charge in [-0.05, 0) is 59.4 Å². The van der Waals surface area contributed by atoms with E-state index in [4.69, 9.17) is 6.42 Å². The molecule has 38 heavy (non-hydrogen) atoms. The molecule has 200 valence electrons. The van der Waals surface area contributed by atoms with E-state index in [9.17, 15) is 31.1 Å². The zero-order valence-electron chi connectivity index (χ0n) is 21.5. The first kappa shape index (κ1) is 29.0. The van der Waals surface area contributed by atoms with E-state index in [2.05, 4.69) is 30.5 Å². The highest BCUT2D eigenvalue weighted by Crippen LogP contribution is 2.37. The number of hydrogen-bond acceptors (Lipinski definition) is 2. The molecule has 0 aliphatic heterocycles. The van der Waals surface area contributed by atoms with Gasteiger partial charge in [-0.15, -0.1) is 6.42 Å². The minimum Gasteiger partial charge on any atom is -0.337 e. The molecule has 10 heteroatoms. The van der Waals surface area contributed by atoms with Crippen molar-refractivity contribution in [3.8, 4) is 23.5 Å². The Bertz CT molecular complexity index is 1380. The zero-order chi connectivity index (χ0) is 28.6. The molecule has 1 amide bonds. The third kappa shape index (κ3) is 6.10. The molecule has 1 aromatic heterocycles. The number of alkyl halides is 6. The lowest BCUT2D eigenvalue weighted by Gasteiger charge is -2.26. The molecule has 0 aliphatic carbocycles. The van der Waals surface area contributed by atoms with Crippen LogP contribution >= 0.6 is 0 Å². The van der Waals surface area contributed by atoms with E-state index in [0.29, 0.717) is 17.7 Å². The van der Waals surface area contributed by atoms with Gasteiger partial charge >= 0.3 is 12.4 Å². The van der Waals surface area contributed by atoms with Crippen LogP contribution in [0.25, 0.3) is 11.1 Å². The number of nitrogens with zero attached hydrogens (tertiary/aromatic N) is 2. The van der Waals surface area contributed by atoms with Crippen LogP contribution in [0.4, 0.5) is 26.3 Å². The van der Waals surface area contributed by atoms with Crippen molar-refractivity contribution >= 4 is 19.2 Å². The lowest BCUT2D eigenvalue weighted by atomic mass is 9.94. The molecule has 0 atom stereocenters. The minimum atomic E-state index is -5.00. The molecule has 0 radical (unpaired) electrons. The standard InChI is InChI=1S/C28H26F6N2OSi/c1-7-22-25(21(11-12-35-22)24-17(2)9-8-10-23(24)38(4,5)6)26(37)36(3)16-18-13-19(27(29,30)31)15-20(14-18)28(32,33)34/h1,8-15H,16H2,2-6H3. The Morgan fingerprint density at radius 3 is 2.08 bits per heavy atom. The summed E-state index contributed by atoms with van der Waals surface area (Å²) in [7, 11) is -0.628. The summed E-state index contributed by atoms with van der Waals surface area (Å²) in [6, 6.07) is 8.73. The van der Waals surface area contributed by atoms with Gasteiger partial charge in [0.25, 0.3) is 5.91 Å². The maximum atomic E-state index is 13.7. The van der Waals surface area contributed by atoms with E-state index in [0.717, 1.165) is 21.2 Å². The lowest BCUT2D eigenvalue weighted by Crippen LogP contribution is -2.39. The Morgan fingerprint density at radius 2 is 1.58 bits per heavy atom. The van der Waals surface area contributed by atoms with Crippen molar-refractivity contribution in [2.24, 2.45) is 0 Å². The highest BCUT2D eigenvalue weighted by molar-refractivity contribution is 6.89. The molecule has 0 bridgehead atoms. The number of amides is 1. The first-order chi connectivity index (χ1) is 17.4. The third-order valence-corrected chi connectivity index (χ3v) is 8.10. The van der Waals surface area contributed by atoms with Crippen LogP contribution < -0.4 is 5.19 Å². The van der Waals surface area contributed by atoms with Crippen LogP contribution in [0, 0.1) is 19.3 Å². The number of pyridine rings is 1. The van der Waals surface area contributed by atoms with Crippen LogP contribution in [-0.4, -0.2) is 30.9 Å². The molecule has 1 heterocycles. The number of aromatic nitrogens is 1. The van der Waals surface area contributed by atoms with E-state index in [1.165, 1.54) is 13.2 Å². The quantitative estimate of drug-likeness (QED) is 0.198. The van der Waals surface area contributed by atoms with Gasteiger partial charge in [0, 0.05) is 19.8 Å². The molecular weight excluding hydrogens is 522 g/mol. The van der Waals surface area contributed by atoms with Gasteiger partial charge in [0.1, 0.15) is 5.69 Å². The van der Waals surface area contributed by atoms with Gasteiger partial charge in [0.05, 0.1) is 24.8 Å². The molecule has 0 unspecified atom stereocenters. The average molecular weight is 549 g/mol. The van der Waals surface area contributed by atoms with Gasteiger partial charge in [-0.3, -0.25) is 4.79 Å². The predicted molar refractivity (Wildman–Crippen MR) is 138 cm³/mol. The van der Waals surface area contributed by atoms with Gasteiger partial charge < -0.3 is 4.90 Å². The van der Waals surface area contributed by atoms with E-state index in [1.807, 2.05) is 25.1 Å². The van der Waals surface area contributed by atoms with Crippen molar-refractivity contribution in [1.82, 2.24) is 9.88 Å². The summed E-state index contributed by atoms with van der Waals surface area (Å²) in [5, 5.41) is 1.07. The van der Waals surface area contributed by atoms with Gasteiger partial charge in [-0.1, -0.05) is 43.0 Å². The second-order valence-electron chi connectivity index (χ2n) is 10.0. The summed E-state index contributed by atoms with van der Waals surface area (Å²) in [5.41, 5.74) is -0.902. The normalized spacial score (nSPS) is 12.3. The van der Waals surface area contributed by atoms with Crippen molar-refractivity contribution in [1.29, 1.82) is 0 Å². The molecule has 3 rings (SSSR count). The van der Waals surface area contributed by atoms with Crippen LogP contribution in [0.2, 0.25) is 19.6 Å². The van der Waals surface area contributed by atoms with Crippen molar-refractivity contribution in [3.05, 3.63) is 82.2 Å². The first-order valence-electron chi connectivity index (χ1n) is 11.5. The SMILES string of the molecule is C#Cc1nccc(-c2c(C)cccc2[Si](C)(C)C)c1C(=O)N(C)Cc1cc(C(F)(F)F)cc(C(F)(F)F)c1. The Hall–Kier alpha value is -3.58. The van der Waals surface area contributed by atoms with E-state index in [-0.39, 0.29) is 22.9 Å². The number of rotatable bonds is 5. The van der Waals surface area contributed by atoms with Crippen LogP contribution in [0.1, 0.15) is 38.3 Å². The largest absolute Gasteiger partial charge is 0.416 e. The summed E-state index contributed by atoms with van der Waals surface area (Å²) in [6.07, 6.45) is -2.86. The van der Waals surface area contributed by atoms with Crippen LogP contribution in [-0.2, 0) is 18.9 Å². The van der Waals surface area contributed by atoms with Crippen molar-refractivity contribution < 1.29 is 31.1 Å².